The van der Waals surface area contributed by atoms with Crippen LogP contribution < -0.4 is 5.32 Å². The highest BCUT2D eigenvalue weighted by Gasteiger charge is 2.18. The van der Waals surface area contributed by atoms with Gasteiger partial charge in [0.05, 0.1) is 11.7 Å². The number of carbonyl (C=O) groups is 1. The third-order valence-corrected chi connectivity index (χ3v) is 4.32. The summed E-state index contributed by atoms with van der Waals surface area (Å²) in [7, 11) is 5.88. The van der Waals surface area contributed by atoms with Crippen molar-refractivity contribution < 1.29 is 4.79 Å². The van der Waals surface area contributed by atoms with Crippen LogP contribution in [0, 0.1) is 12.8 Å². The zero-order chi connectivity index (χ0) is 18.6. The average Bonchev–Trinajstić information content (AvgIpc) is 2.88. The molecule has 136 valence electrons. The van der Waals surface area contributed by atoms with Gasteiger partial charge < -0.3 is 10.2 Å². The zero-order valence-electron chi connectivity index (χ0n) is 16.2. The van der Waals surface area contributed by atoms with Crippen LogP contribution in [-0.4, -0.2) is 41.2 Å². The molecule has 5 nitrogen and oxygen atoms in total. The highest BCUT2D eigenvalue weighted by Crippen LogP contribution is 2.18. The number of hydrogen-bond acceptors (Lipinski definition) is 3. The van der Waals surface area contributed by atoms with Crippen LogP contribution >= 0.6 is 0 Å². The van der Waals surface area contributed by atoms with Gasteiger partial charge in [0.15, 0.2) is 0 Å². The van der Waals surface area contributed by atoms with E-state index < -0.39 is 0 Å². The van der Waals surface area contributed by atoms with E-state index in [1.165, 1.54) is 11.1 Å². The quantitative estimate of drug-likeness (QED) is 0.842. The summed E-state index contributed by atoms with van der Waals surface area (Å²) in [5, 5.41) is 7.51. The molecule has 0 aliphatic rings. The van der Waals surface area contributed by atoms with E-state index in [4.69, 9.17) is 0 Å². The molecule has 25 heavy (non-hydrogen) atoms. The molecule has 2 rings (SSSR count). The summed E-state index contributed by atoms with van der Waals surface area (Å²) in [6, 6.07) is 10.5. The summed E-state index contributed by atoms with van der Waals surface area (Å²) in [6.45, 7) is 6.93. The van der Waals surface area contributed by atoms with Gasteiger partial charge >= 0.3 is 0 Å². The summed E-state index contributed by atoms with van der Waals surface area (Å²) in [6.07, 6.45) is 0.880. The molecule has 1 aromatic carbocycles. The van der Waals surface area contributed by atoms with Gasteiger partial charge in [-0.05, 0) is 45.0 Å². The van der Waals surface area contributed by atoms with E-state index in [0.29, 0.717) is 18.2 Å². The third kappa shape index (κ3) is 5.16. The lowest BCUT2D eigenvalue weighted by molar-refractivity contribution is 0.0932. The van der Waals surface area contributed by atoms with Crippen molar-refractivity contribution in [3.63, 3.8) is 0 Å². The van der Waals surface area contributed by atoms with E-state index in [-0.39, 0.29) is 11.9 Å². The summed E-state index contributed by atoms with van der Waals surface area (Å²) in [5.74, 6) is 0.439. The number of aryl methyl sites for hydroxylation is 2. The van der Waals surface area contributed by atoms with E-state index in [2.05, 4.69) is 60.4 Å². The smallest absolute Gasteiger partial charge is 0.269 e. The number of nitrogens with zero attached hydrogens (tertiary/aromatic N) is 3. The van der Waals surface area contributed by atoms with Crippen LogP contribution in [0.15, 0.2) is 30.3 Å². The number of likely N-dealkylation sites (N-methyl/N-ethyl adjacent to an activating group) is 1. The predicted molar refractivity (Wildman–Crippen MR) is 102 cm³/mol. The van der Waals surface area contributed by atoms with E-state index in [9.17, 15) is 4.79 Å². The first-order valence-corrected chi connectivity index (χ1v) is 8.82. The number of rotatable bonds is 7. The molecule has 0 bridgehead atoms. The van der Waals surface area contributed by atoms with Crippen LogP contribution in [0.2, 0.25) is 0 Å². The van der Waals surface area contributed by atoms with Crippen LogP contribution in [0.4, 0.5) is 0 Å². The summed E-state index contributed by atoms with van der Waals surface area (Å²) in [4.78, 5) is 14.7. The lowest BCUT2D eigenvalue weighted by atomic mass is 10.0. The van der Waals surface area contributed by atoms with Crippen molar-refractivity contribution in [2.45, 2.75) is 33.2 Å². The first-order valence-electron chi connectivity index (χ1n) is 8.82. The molecule has 5 heteroatoms. The molecule has 1 N–H and O–H groups in total. The van der Waals surface area contributed by atoms with Crippen molar-refractivity contribution in [3.8, 4) is 0 Å². The van der Waals surface area contributed by atoms with Crippen LogP contribution in [0.5, 0.6) is 0 Å². The molecule has 0 radical (unpaired) electrons. The number of benzene rings is 1. The molecule has 0 aliphatic heterocycles. The monoisotopic (exact) mass is 342 g/mol. The second kappa shape index (κ2) is 8.30. The first-order chi connectivity index (χ1) is 11.8. The van der Waals surface area contributed by atoms with Crippen molar-refractivity contribution >= 4 is 5.91 Å². The number of nitrogens with one attached hydrogen (secondary N) is 1. The fourth-order valence-electron chi connectivity index (χ4n) is 2.92. The minimum atomic E-state index is -0.0797. The molecule has 0 aliphatic carbocycles. The van der Waals surface area contributed by atoms with Crippen molar-refractivity contribution in [3.05, 3.63) is 52.8 Å². The molecule has 1 unspecified atom stereocenters. The Labute approximate surface area is 151 Å². The Morgan fingerprint density at radius 3 is 2.44 bits per heavy atom. The minimum Gasteiger partial charge on any atom is -0.349 e. The Kier molecular flexibility index (Phi) is 6.37. The first kappa shape index (κ1) is 19.2. The van der Waals surface area contributed by atoms with Crippen LogP contribution in [0.3, 0.4) is 0 Å². The number of aromatic nitrogens is 2. The number of carbonyl (C=O) groups excluding carboxylic acids is 1. The molecule has 1 atom stereocenters. The number of amides is 1. The van der Waals surface area contributed by atoms with Crippen molar-refractivity contribution in [1.82, 2.24) is 20.0 Å². The second-order valence-corrected chi connectivity index (χ2v) is 7.34. The molecular formula is C20H30N4O. The largest absolute Gasteiger partial charge is 0.349 e. The maximum atomic E-state index is 12.6. The minimum absolute atomic E-state index is 0.0797. The summed E-state index contributed by atoms with van der Waals surface area (Å²) >= 11 is 0. The summed E-state index contributed by atoms with van der Waals surface area (Å²) < 4.78 is 1.67. The van der Waals surface area contributed by atoms with Gasteiger partial charge in [-0.15, -0.1) is 0 Å². The van der Waals surface area contributed by atoms with Crippen molar-refractivity contribution in [2.75, 3.05) is 20.6 Å². The Hall–Kier alpha value is -2.14. The Morgan fingerprint density at radius 1 is 1.24 bits per heavy atom. The van der Waals surface area contributed by atoms with Gasteiger partial charge in [-0.25, -0.2) is 0 Å². The second-order valence-electron chi connectivity index (χ2n) is 7.34. The van der Waals surface area contributed by atoms with Gasteiger partial charge in [0.2, 0.25) is 0 Å². The third-order valence-electron chi connectivity index (χ3n) is 4.32. The maximum Gasteiger partial charge on any atom is 0.269 e. The SMILES string of the molecule is Cc1ccc(C(CNC(=O)c2cc(CC(C)C)nn2C)N(C)C)cc1. The van der Waals surface area contributed by atoms with E-state index in [0.717, 1.165) is 12.1 Å². The van der Waals surface area contributed by atoms with Crippen LogP contribution in [0.25, 0.3) is 0 Å². The average molecular weight is 342 g/mol. The Balaban J connectivity index is 2.06. The fraction of sp³-hybridized carbons (Fsp3) is 0.500. The standard InChI is InChI=1S/C20H30N4O/c1-14(2)11-17-12-18(24(6)22-17)20(25)21-13-19(23(4)5)16-9-7-15(3)8-10-16/h7-10,12,14,19H,11,13H2,1-6H3,(H,21,25). The molecule has 0 spiro atoms. The van der Waals surface area contributed by atoms with Crippen LogP contribution in [0.1, 0.15) is 47.2 Å². The highest BCUT2D eigenvalue weighted by atomic mass is 16.2. The molecule has 1 heterocycles. The van der Waals surface area contributed by atoms with Crippen LogP contribution in [-0.2, 0) is 13.5 Å². The van der Waals surface area contributed by atoms with Gasteiger partial charge in [0.25, 0.3) is 5.91 Å². The van der Waals surface area contributed by atoms with Crippen molar-refractivity contribution in [2.24, 2.45) is 13.0 Å². The van der Waals surface area contributed by atoms with E-state index >= 15 is 0 Å². The molecule has 1 aromatic heterocycles. The van der Waals surface area contributed by atoms with Gasteiger partial charge in [-0.1, -0.05) is 43.7 Å². The van der Waals surface area contributed by atoms with Gasteiger partial charge in [-0.2, -0.15) is 5.10 Å². The Bertz CT molecular complexity index is 701. The van der Waals surface area contributed by atoms with Gasteiger partial charge in [-0.3, -0.25) is 9.48 Å². The topological polar surface area (TPSA) is 50.2 Å². The molecule has 0 saturated heterocycles. The zero-order valence-corrected chi connectivity index (χ0v) is 16.2. The number of hydrogen-bond donors (Lipinski definition) is 1. The highest BCUT2D eigenvalue weighted by molar-refractivity contribution is 5.92. The fourth-order valence-corrected chi connectivity index (χ4v) is 2.92. The predicted octanol–water partition coefficient (Wildman–Crippen LogP) is 2.96. The van der Waals surface area contributed by atoms with Gasteiger partial charge in [0.1, 0.15) is 5.69 Å². The van der Waals surface area contributed by atoms with E-state index in [1.807, 2.05) is 27.2 Å². The maximum absolute atomic E-state index is 12.6. The van der Waals surface area contributed by atoms with E-state index in [1.54, 1.807) is 4.68 Å². The van der Waals surface area contributed by atoms with Crippen molar-refractivity contribution in [1.29, 1.82) is 0 Å². The molecule has 1 amide bonds. The molecular weight excluding hydrogens is 312 g/mol. The lowest BCUT2D eigenvalue weighted by Gasteiger charge is -2.25. The molecule has 2 aromatic rings. The molecule has 0 saturated carbocycles. The normalized spacial score (nSPS) is 12.6. The molecule has 0 fully saturated rings. The Morgan fingerprint density at radius 2 is 1.88 bits per heavy atom. The summed E-state index contributed by atoms with van der Waals surface area (Å²) in [5.41, 5.74) is 4.00. The van der Waals surface area contributed by atoms with Gasteiger partial charge in [0, 0.05) is 13.6 Å². The lowest BCUT2D eigenvalue weighted by Crippen LogP contribution is -2.35.